The van der Waals surface area contributed by atoms with Crippen LogP contribution in [0.1, 0.15) is 27.7 Å². The van der Waals surface area contributed by atoms with E-state index in [-0.39, 0.29) is 10.8 Å². The van der Waals surface area contributed by atoms with Crippen molar-refractivity contribution in [2.75, 3.05) is 39.3 Å². The molecule has 7 nitrogen and oxygen atoms in total. The molecule has 1 atom stereocenters. The SMILES string of the molecule is CCN1CCN(S(=O)(=O)c2ccc(O[C@@H](C)C(=O)NCC(C)C)cc2)CC1. The van der Waals surface area contributed by atoms with E-state index in [9.17, 15) is 13.2 Å². The van der Waals surface area contributed by atoms with Gasteiger partial charge in [0.1, 0.15) is 5.75 Å². The maximum absolute atomic E-state index is 12.8. The molecule has 1 aromatic rings. The molecule has 0 spiro atoms. The highest BCUT2D eigenvalue weighted by Crippen LogP contribution is 2.21. The van der Waals surface area contributed by atoms with Crippen LogP contribution in [0.15, 0.2) is 29.2 Å². The van der Waals surface area contributed by atoms with Gasteiger partial charge in [-0.1, -0.05) is 20.8 Å². The first-order valence-electron chi connectivity index (χ1n) is 9.51. The third-order valence-electron chi connectivity index (χ3n) is 4.61. The van der Waals surface area contributed by atoms with E-state index in [0.717, 1.165) is 19.6 Å². The molecular formula is C19H31N3O4S. The average molecular weight is 398 g/mol. The summed E-state index contributed by atoms with van der Waals surface area (Å²) in [6.45, 7) is 11.8. The van der Waals surface area contributed by atoms with Crippen molar-refractivity contribution < 1.29 is 17.9 Å². The Labute approximate surface area is 162 Å². The summed E-state index contributed by atoms with van der Waals surface area (Å²) in [6.07, 6.45) is -0.645. The molecule has 2 rings (SSSR count). The molecule has 152 valence electrons. The van der Waals surface area contributed by atoms with E-state index in [1.165, 1.54) is 16.4 Å². The fourth-order valence-electron chi connectivity index (χ4n) is 2.83. The third-order valence-corrected chi connectivity index (χ3v) is 6.52. The number of amides is 1. The summed E-state index contributed by atoms with van der Waals surface area (Å²) in [5.41, 5.74) is 0. The molecule has 0 aromatic heterocycles. The number of rotatable bonds is 8. The first-order chi connectivity index (χ1) is 12.7. The fourth-order valence-corrected chi connectivity index (χ4v) is 4.25. The highest BCUT2D eigenvalue weighted by molar-refractivity contribution is 7.89. The van der Waals surface area contributed by atoms with Crippen LogP contribution in [0.2, 0.25) is 0 Å². The van der Waals surface area contributed by atoms with E-state index in [1.54, 1.807) is 19.1 Å². The molecule has 1 amide bonds. The van der Waals surface area contributed by atoms with Crippen LogP contribution in [0.25, 0.3) is 0 Å². The Balaban J connectivity index is 1.97. The van der Waals surface area contributed by atoms with Crippen molar-refractivity contribution in [3.05, 3.63) is 24.3 Å². The minimum Gasteiger partial charge on any atom is -0.481 e. The van der Waals surface area contributed by atoms with Gasteiger partial charge in [0.05, 0.1) is 4.90 Å². The number of sulfonamides is 1. The number of carbonyl (C=O) groups is 1. The molecule has 0 unspecified atom stereocenters. The van der Waals surface area contributed by atoms with Gasteiger partial charge in [-0.15, -0.1) is 0 Å². The van der Waals surface area contributed by atoms with Gasteiger partial charge in [0.15, 0.2) is 6.10 Å². The third kappa shape index (κ3) is 5.92. The lowest BCUT2D eigenvalue weighted by Crippen LogP contribution is -2.48. The number of benzene rings is 1. The normalized spacial score (nSPS) is 17.7. The van der Waals surface area contributed by atoms with E-state index >= 15 is 0 Å². The van der Waals surface area contributed by atoms with Gasteiger partial charge < -0.3 is 15.0 Å². The molecule has 1 N–H and O–H groups in total. The summed E-state index contributed by atoms with van der Waals surface area (Å²) < 4.78 is 32.7. The van der Waals surface area contributed by atoms with Crippen LogP contribution in [0, 0.1) is 5.92 Å². The Morgan fingerprint density at radius 3 is 2.22 bits per heavy atom. The molecule has 1 aromatic carbocycles. The van der Waals surface area contributed by atoms with Gasteiger partial charge in [-0.05, 0) is 43.7 Å². The van der Waals surface area contributed by atoms with Gasteiger partial charge in [-0.2, -0.15) is 4.31 Å². The summed E-state index contributed by atoms with van der Waals surface area (Å²) in [5, 5.41) is 2.82. The lowest BCUT2D eigenvalue weighted by atomic mass is 10.2. The Morgan fingerprint density at radius 2 is 1.70 bits per heavy atom. The number of piperazine rings is 1. The van der Waals surface area contributed by atoms with E-state index in [2.05, 4.69) is 17.1 Å². The van der Waals surface area contributed by atoms with Gasteiger partial charge in [-0.25, -0.2) is 8.42 Å². The van der Waals surface area contributed by atoms with Gasteiger partial charge >= 0.3 is 0 Å². The zero-order valence-corrected chi connectivity index (χ0v) is 17.5. The van der Waals surface area contributed by atoms with Crippen molar-refractivity contribution in [1.29, 1.82) is 0 Å². The van der Waals surface area contributed by atoms with Gasteiger partial charge in [0.25, 0.3) is 5.91 Å². The van der Waals surface area contributed by atoms with Crippen LogP contribution in [-0.4, -0.2) is 68.9 Å². The maximum atomic E-state index is 12.8. The minimum absolute atomic E-state index is 0.186. The lowest BCUT2D eigenvalue weighted by molar-refractivity contribution is -0.127. The van der Waals surface area contributed by atoms with E-state index in [1.807, 2.05) is 13.8 Å². The summed E-state index contributed by atoms with van der Waals surface area (Å²) in [4.78, 5) is 14.5. The topological polar surface area (TPSA) is 79.0 Å². The lowest BCUT2D eigenvalue weighted by Gasteiger charge is -2.33. The molecule has 1 heterocycles. The molecule has 0 saturated carbocycles. The second kappa shape index (κ2) is 9.52. The molecule has 1 fully saturated rings. The van der Waals surface area contributed by atoms with Crippen molar-refractivity contribution in [3.63, 3.8) is 0 Å². The van der Waals surface area contributed by atoms with E-state index in [0.29, 0.717) is 31.3 Å². The number of likely N-dealkylation sites (N-methyl/N-ethyl adjacent to an activating group) is 1. The van der Waals surface area contributed by atoms with Crippen molar-refractivity contribution in [1.82, 2.24) is 14.5 Å². The van der Waals surface area contributed by atoms with Crippen LogP contribution in [-0.2, 0) is 14.8 Å². The maximum Gasteiger partial charge on any atom is 0.260 e. The van der Waals surface area contributed by atoms with Gasteiger partial charge in [0.2, 0.25) is 10.0 Å². The van der Waals surface area contributed by atoms with E-state index < -0.39 is 16.1 Å². The fraction of sp³-hybridized carbons (Fsp3) is 0.632. The van der Waals surface area contributed by atoms with Crippen LogP contribution < -0.4 is 10.1 Å². The minimum atomic E-state index is -3.50. The van der Waals surface area contributed by atoms with Crippen molar-refractivity contribution in [2.24, 2.45) is 5.92 Å². The van der Waals surface area contributed by atoms with Gasteiger partial charge in [-0.3, -0.25) is 4.79 Å². The Kier molecular flexibility index (Phi) is 7.64. The van der Waals surface area contributed by atoms with Crippen LogP contribution in [0.3, 0.4) is 0 Å². The molecule has 0 bridgehead atoms. The monoisotopic (exact) mass is 397 g/mol. The number of hydrogen-bond donors (Lipinski definition) is 1. The van der Waals surface area contributed by atoms with Crippen molar-refractivity contribution in [3.8, 4) is 5.75 Å². The number of carbonyl (C=O) groups excluding carboxylic acids is 1. The van der Waals surface area contributed by atoms with Crippen molar-refractivity contribution in [2.45, 2.75) is 38.7 Å². The highest BCUT2D eigenvalue weighted by Gasteiger charge is 2.28. The molecule has 0 aliphatic carbocycles. The Hall–Kier alpha value is -1.64. The first kappa shape index (κ1) is 21.7. The molecule has 8 heteroatoms. The average Bonchev–Trinajstić information content (AvgIpc) is 2.66. The number of nitrogens with zero attached hydrogens (tertiary/aromatic N) is 2. The van der Waals surface area contributed by atoms with E-state index in [4.69, 9.17) is 4.74 Å². The summed E-state index contributed by atoms with van der Waals surface area (Å²) in [6, 6.07) is 6.27. The van der Waals surface area contributed by atoms with Crippen molar-refractivity contribution >= 4 is 15.9 Å². The predicted octanol–water partition coefficient (Wildman–Crippen LogP) is 1.55. The first-order valence-corrected chi connectivity index (χ1v) is 10.9. The highest BCUT2D eigenvalue weighted by atomic mass is 32.2. The van der Waals surface area contributed by atoms with Crippen LogP contribution in [0.5, 0.6) is 5.75 Å². The Morgan fingerprint density at radius 1 is 1.11 bits per heavy atom. The predicted molar refractivity (Wildman–Crippen MR) is 105 cm³/mol. The number of hydrogen-bond acceptors (Lipinski definition) is 5. The largest absolute Gasteiger partial charge is 0.481 e. The molecule has 27 heavy (non-hydrogen) atoms. The molecule has 1 saturated heterocycles. The van der Waals surface area contributed by atoms with Crippen LogP contribution >= 0.6 is 0 Å². The van der Waals surface area contributed by atoms with Crippen LogP contribution in [0.4, 0.5) is 0 Å². The molecule has 1 aliphatic rings. The molecule has 1 aliphatic heterocycles. The van der Waals surface area contributed by atoms with Gasteiger partial charge in [0, 0.05) is 32.7 Å². The summed E-state index contributed by atoms with van der Waals surface area (Å²) in [5.74, 6) is 0.649. The number of nitrogens with one attached hydrogen (secondary N) is 1. The zero-order chi connectivity index (χ0) is 20.0. The molecular weight excluding hydrogens is 366 g/mol. The standard InChI is InChI=1S/C19H31N3O4S/c1-5-21-10-12-22(13-11-21)27(24,25)18-8-6-17(7-9-18)26-16(4)19(23)20-14-15(2)3/h6-9,15-16H,5,10-14H2,1-4H3,(H,20,23)/t16-/m0/s1. The number of ether oxygens (including phenoxy) is 1. The second-order valence-electron chi connectivity index (χ2n) is 7.21. The molecule has 0 radical (unpaired) electrons. The zero-order valence-electron chi connectivity index (χ0n) is 16.6. The summed E-state index contributed by atoms with van der Waals surface area (Å²) in [7, 11) is -3.50. The Bertz CT molecular complexity index is 711. The second-order valence-corrected chi connectivity index (χ2v) is 9.15. The summed E-state index contributed by atoms with van der Waals surface area (Å²) >= 11 is 0. The smallest absolute Gasteiger partial charge is 0.260 e. The quantitative estimate of drug-likeness (QED) is 0.720.